The zero-order valence-electron chi connectivity index (χ0n) is 43.2. The van der Waals surface area contributed by atoms with Crippen molar-refractivity contribution in [3.8, 4) is 28.4 Å². The Morgan fingerprint density at radius 3 is 1.67 bits per heavy atom. The minimum absolute atomic E-state index is 0.0338. The van der Waals surface area contributed by atoms with Gasteiger partial charge in [-0.05, 0) is 128 Å². The van der Waals surface area contributed by atoms with E-state index in [1.165, 1.54) is 89.6 Å². The van der Waals surface area contributed by atoms with Crippen LogP contribution in [0.1, 0.15) is 101 Å². The Morgan fingerprint density at radius 2 is 1.03 bits per heavy atom. The zero-order valence-corrected chi connectivity index (χ0v) is 43.2. The molecule has 0 N–H and O–H groups in total. The Kier molecular flexibility index (Phi) is 8.97. The third-order valence-electron chi connectivity index (χ3n) is 17.0. The maximum absolute atomic E-state index is 6.90. The lowest BCUT2D eigenvalue weighted by atomic mass is 9.61. The number of ether oxygens (including phenoxy) is 1. The summed E-state index contributed by atoms with van der Waals surface area (Å²) in [7, 11) is 0. The quantitative estimate of drug-likeness (QED) is 0.166. The van der Waals surface area contributed by atoms with Crippen LogP contribution in [-0.4, -0.2) is 16.2 Å². The van der Waals surface area contributed by atoms with Gasteiger partial charge in [0.05, 0.1) is 39.5 Å². The van der Waals surface area contributed by atoms with Crippen molar-refractivity contribution >= 4 is 61.6 Å². The van der Waals surface area contributed by atoms with Crippen molar-refractivity contribution in [1.29, 1.82) is 0 Å². The second-order valence-electron chi connectivity index (χ2n) is 23.4. The number of anilines is 7. The Balaban J connectivity index is 0.847. The van der Waals surface area contributed by atoms with E-state index in [1.807, 2.05) is 6.20 Å². The van der Waals surface area contributed by atoms with Crippen LogP contribution >= 0.6 is 0 Å². The molecule has 8 aromatic carbocycles. The normalized spacial score (nSPS) is 16.2. The van der Waals surface area contributed by atoms with Gasteiger partial charge in [0.25, 0.3) is 0 Å². The first-order valence-electron chi connectivity index (χ1n) is 25.9. The van der Waals surface area contributed by atoms with Gasteiger partial charge < -0.3 is 19.4 Å². The molecule has 0 atom stereocenters. The second kappa shape index (κ2) is 15.0. The fourth-order valence-electron chi connectivity index (χ4n) is 13.0. The maximum Gasteiger partial charge on any atom is 0.137 e. The van der Waals surface area contributed by atoms with E-state index in [4.69, 9.17) is 9.72 Å². The van der Waals surface area contributed by atoms with Crippen LogP contribution in [0, 0.1) is 0 Å². The first-order valence-corrected chi connectivity index (χ1v) is 25.9. The SMILES string of the molecule is CC(C)(C)c1ccnc(-n2c3ccc(-c4ccccc4)cc3c3ccc(Oc4cccc(N5CN(c6cc7c8c(c6)C(C)(C)c6cccc9c6N8c6c(cccc6C7(C)C)C9(C)C)c6ccccc65)c4)cc32)c1. The van der Waals surface area contributed by atoms with Gasteiger partial charge in [-0.15, -0.1) is 0 Å². The molecule has 73 heavy (non-hydrogen) atoms. The monoisotopic (exact) mass is 949 g/mol. The van der Waals surface area contributed by atoms with Crippen LogP contribution in [0.2, 0.25) is 0 Å². The van der Waals surface area contributed by atoms with E-state index >= 15 is 0 Å². The fraction of sp³-hybridized carbons (Fsp3) is 0.209. The van der Waals surface area contributed by atoms with Crippen LogP contribution < -0.4 is 19.4 Å². The average Bonchev–Trinajstić information content (AvgIpc) is 3.94. The Hall–Kier alpha value is -8.09. The van der Waals surface area contributed by atoms with Gasteiger partial charge in [-0.25, -0.2) is 4.98 Å². The summed E-state index contributed by atoms with van der Waals surface area (Å²) in [6.07, 6.45) is 1.94. The molecule has 6 heteroatoms. The highest BCUT2D eigenvalue weighted by molar-refractivity contribution is 6.11. The Labute approximate surface area is 428 Å². The molecular formula is C67H59N5O. The number of aromatic nitrogens is 2. The number of rotatable bonds is 6. The molecule has 0 spiro atoms. The van der Waals surface area contributed by atoms with Crippen molar-refractivity contribution in [1.82, 2.24) is 9.55 Å². The minimum Gasteiger partial charge on any atom is -0.457 e. The van der Waals surface area contributed by atoms with E-state index in [1.54, 1.807) is 0 Å². The molecule has 4 aliphatic heterocycles. The van der Waals surface area contributed by atoms with E-state index in [9.17, 15) is 0 Å². The molecule has 0 saturated heterocycles. The average molecular weight is 950 g/mol. The summed E-state index contributed by atoms with van der Waals surface area (Å²) in [5, 5.41) is 2.32. The molecule has 0 fully saturated rings. The number of benzene rings is 8. The number of hydrogen-bond acceptors (Lipinski definition) is 5. The standard InChI is InChI=1S/C67H59N5O/c1-64(2,3)43-32-33-68-60(35-43)71-56-31-28-42(41-18-11-10-12-19-41)34-49(56)48-30-29-47(39-59(48)71)73-46-21-15-20-44(36-46)69-40-70(58-27-14-13-26-57(58)69)45-37-54-63-55(38-45)67(8,9)53-25-17-23-51-62(53)72(63)61-50(65(51,4)5)22-16-24-52(61)66(54,6)7/h10-39H,40H2,1-9H3. The van der Waals surface area contributed by atoms with E-state index in [2.05, 4.69) is 258 Å². The number of hydrogen-bond donors (Lipinski definition) is 0. The topological polar surface area (TPSA) is 36.8 Å². The first kappa shape index (κ1) is 43.7. The molecule has 6 nitrogen and oxygen atoms in total. The summed E-state index contributed by atoms with van der Waals surface area (Å²) in [6, 6.07) is 64.7. The highest BCUT2D eigenvalue weighted by Crippen LogP contribution is 2.66. The third-order valence-corrected chi connectivity index (χ3v) is 17.0. The number of pyridine rings is 1. The number of fused-ring (bicyclic) bond motifs is 4. The molecule has 2 aromatic heterocycles. The van der Waals surface area contributed by atoms with Gasteiger partial charge in [0.1, 0.15) is 24.0 Å². The van der Waals surface area contributed by atoms with Crippen molar-refractivity contribution in [2.24, 2.45) is 0 Å². The highest BCUT2D eigenvalue weighted by Gasteiger charge is 2.52. The molecule has 0 amide bonds. The third kappa shape index (κ3) is 6.19. The highest BCUT2D eigenvalue weighted by atomic mass is 16.5. The molecule has 0 aliphatic carbocycles. The van der Waals surface area contributed by atoms with Crippen LogP contribution in [0.4, 0.5) is 39.8 Å². The van der Waals surface area contributed by atoms with Gasteiger partial charge in [-0.3, -0.25) is 4.57 Å². The summed E-state index contributed by atoms with van der Waals surface area (Å²) in [6.45, 7) is 22.0. The van der Waals surface area contributed by atoms with Crippen LogP contribution in [0.15, 0.2) is 182 Å². The molecule has 4 aliphatic rings. The second-order valence-corrected chi connectivity index (χ2v) is 23.4. The van der Waals surface area contributed by atoms with Gasteiger partial charge in [0.15, 0.2) is 0 Å². The first-order chi connectivity index (χ1) is 35.1. The molecule has 0 saturated carbocycles. The van der Waals surface area contributed by atoms with E-state index < -0.39 is 0 Å². The van der Waals surface area contributed by atoms with Gasteiger partial charge >= 0.3 is 0 Å². The molecule has 10 aromatic rings. The molecule has 0 unspecified atom stereocenters. The lowest BCUT2D eigenvalue weighted by Crippen LogP contribution is -2.43. The minimum atomic E-state index is -0.238. The lowest BCUT2D eigenvalue weighted by Gasteiger charge is -2.55. The van der Waals surface area contributed by atoms with E-state index in [0.717, 1.165) is 39.4 Å². The van der Waals surface area contributed by atoms with Crippen molar-refractivity contribution in [3.63, 3.8) is 0 Å². The molecule has 6 heterocycles. The summed E-state index contributed by atoms with van der Waals surface area (Å²) >= 11 is 0. The lowest BCUT2D eigenvalue weighted by molar-refractivity contribution is 0.483. The predicted octanol–water partition coefficient (Wildman–Crippen LogP) is 17.6. The van der Waals surface area contributed by atoms with Crippen molar-refractivity contribution in [2.75, 3.05) is 21.4 Å². The van der Waals surface area contributed by atoms with E-state index in [-0.39, 0.29) is 21.7 Å². The van der Waals surface area contributed by atoms with Crippen LogP contribution in [0.3, 0.4) is 0 Å². The predicted molar refractivity (Wildman–Crippen MR) is 302 cm³/mol. The zero-order chi connectivity index (χ0) is 49.9. The maximum atomic E-state index is 6.90. The van der Waals surface area contributed by atoms with Crippen molar-refractivity contribution in [2.45, 2.75) is 84.0 Å². The molecule has 14 rings (SSSR count). The fourth-order valence-corrected chi connectivity index (χ4v) is 13.0. The molecule has 0 radical (unpaired) electrons. The Morgan fingerprint density at radius 1 is 0.452 bits per heavy atom. The van der Waals surface area contributed by atoms with Crippen LogP contribution in [-0.2, 0) is 21.7 Å². The van der Waals surface area contributed by atoms with E-state index in [0.29, 0.717) is 6.67 Å². The van der Waals surface area contributed by atoms with Crippen LogP contribution in [0.5, 0.6) is 11.5 Å². The van der Waals surface area contributed by atoms with Crippen molar-refractivity contribution < 1.29 is 4.74 Å². The summed E-state index contributed by atoms with van der Waals surface area (Å²) < 4.78 is 9.20. The smallest absolute Gasteiger partial charge is 0.137 e. The largest absolute Gasteiger partial charge is 0.457 e. The van der Waals surface area contributed by atoms with Gasteiger partial charge in [-0.2, -0.15) is 0 Å². The molecular weight excluding hydrogens is 891 g/mol. The summed E-state index contributed by atoms with van der Waals surface area (Å²) in [5.41, 5.74) is 22.2. The Bertz CT molecular complexity index is 3870. The van der Waals surface area contributed by atoms with Crippen molar-refractivity contribution in [3.05, 3.63) is 221 Å². The van der Waals surface area contributed by atoms with Gasteiger partial charge in [0.2, 0.25) is 0 Å². The van der Waals surface area contributed by atoms with Crippen LogP contribution in [0.25, 0.3) is 38.8 Å². The molecule has 0 bridgehead atoms. The summed E-state index contributed by atoms with van der Waals surface area (Å²) in [5.74, 6) is 2.43. The van der Waals surface area contributed by atoms with Gasteiger partial charge in [-0.1, -0.05) is 153 Å². The molecule has 358 valence electrons. The number of nitrogens with zero attached hydrogens (tertiary/aromatic N) is 5. The summed E-state index contributed by atoms with van der Waals surface area (Å²) in [4.78, 5) is 12.6. The van der Waals surface area contributed by atoms with Gasteiger partial charge in [0, 0.05) is 56.7 Å². The number of para-hydroxylation sites is 4.